The predicted molar refractivity (Wildman–Crippen MR) is 70.3 cm³/mol. The van der Waals surface area contributed by atoms with Crippen LogP contribution in [0.3, 0.4) is 0 Å². The molecule has 0 aliphatic carbocycles. The van der Waals surface area contributed by atoms with Crippen LogP contribution < -0.4 is 5.73 Å². The minimum atomic E-state index is -0.796. The van der Waals surface area contributed by atoms with Gasteiger partial charge in [-0.1, -0.05) is 19.4 Å². The summed E-state index contributed by atoms with van der Waals surface area (Å²) >= 11 is 3.10. The molecule has 0 saturated heterocycles. The number of Topliss-reactive ketones (excluding diaryl/α,β-unsaturated/α-hetero) is 1. The molecule has 1 aromatic rings. The van der Waals surface area contributed by atoms with E-state index in [0.29, 0.717) is 10.9 Å². The lowest BCUT2D eigenvalue weighted by Gasteiger charge is -2.22. The normalized spacial score (nSPS) is 14.4. The summed E-state index contributed by atoms with van der Waals surface area (Å²) in [5.41, 5.74) is 5.93. The van der Waals surface area contributed by atoms with Gasteiger partial charge in [0.25, 0.3) is 0 Å². The summed E-state index contributed by atoms with van der Waals surface area (Å²) in [6.45, 7) is 3.74. The van der Waals surface area contributed by atoms with Gasteiger partial charge in [-0.15, -0.1) is 0 Å². The molecular weight excluding hydrogens is 285 g/mol. The third kappa shape index (κ3) is 3.89. The summed E-state index contributed by atoms with van der Waals surface area (Å²) in [5, 5.41) is 0. The molecule has 17 heavy (non-hydrogen) atoms. The van der Waals surface area contributed by atoms with Gasteiger partial charge in [-0.05, 0) is 47.0 Å². The molecule has 1 aromatic carbocycles. The van der Waals surface area contributed by atoms with E-state index in [9.17, 15) is 9.18 Å². The van der Waals surface area contributed by atoms with Gasteiger partial charge in [0.1, 0.15) is 5.82 Å². The minimum absolute atomic E-state index is 0.0159. The van der Waals surface area contributed by atoms with Crippen LogP contribution in [0.5, 0.6) is 0 Å². The number of ketones is 1. The van der Waals surface area contributed by atoms with E-state index in [4.69, 9.17) is 5.73 Å². The standard InChI is InChI=1S/C13H17BrFNO/c1-3-6-13(2,16)12(17)8-9-4-5-11(15)10(14)7-9/h4-5,7H,3,6,8,16H2,1-2H3. The average molecular weight is 302 g/mol. The molecule has 0 radical (unpaired) electrons. The van der Waals surface area contributed by atoms with E-state index in [0.717, 1.165) is 12.0 Å². The molecule has 0 amide bonds. The fourth-order valence-corrected chi connectivity index (χ4v) is 2.12. The lowest BCUT2D eigenvalue weighted by atomic mass is 9.88. The van der Waals surface area contributed by atoms with Crippen LogP contribution in [-0.2, 0) is 11.2 Å². The number of benzene rings is 1. The van der Waals surface area contributed by atoms with Crippen molar-refractivity contribution in [1.29, 1.82) is 0 Å². The first kappa shape index (κ1) is 14.3. The van der Waals surface area contributed by atoms with Crippen molar-refractivity contribution >= 4 is 21.7 Å². The third-order valence-corrected chi connectivity index (χ3v) is 3.36. The lowest BCUT2D eigenvalue weighted by Crippen LogP contribution is -2.45. The number of halogens is 2. The molecule has 1 atom stereocenters. The van der Waals surface area contributed by atoms with Crippen molar-refractivity contribution in [1.82, 2.24) is 0 Å². The molecule has 1 rings (SSSR count). The monoisotopic (exact) mass is 301 g/mol. The fourth-order valence-electron chi connectivity index (χ4n) is 1.70. The predicted octanol–water partition coefficient (Wildman–Crippen LogP) is 3.22. The van der Waals surface area contributed by atoms with Crippen LogP contribution in [-0.4, -0.2) is 11.3 Å². The number of nitrogens with two attached hydrogens (primary N) is 1. The zero-order valence-corrected chi connectivity index (χ0v) is 11.7. The van der Waals surface area contributed by atoms with Gasteiger partial charge in [-0.25, -0.2) is 4.39 Å². The molecule has 0 aliphatic rings. The topological polar surface area (TPSA) is 43.1 Å². The van der Waals surface area contributed by atoms with Crippen molar-refractivity contribution in [2.24, 2.45) is 5.73 Å². The Labute approximate surface area is 110 Å². The largest absolute Gasteiger partial charge is 0.319 e. The Kier molecular flexibility index (Phi) is 4.83. The number of hydrogen-bond donors (Lipinski definition) is 1. The summed E-state index contributed by atoms with van der Waals surface area (Å²) in [7, 11) is 0. The molecule has 94 valence electrons. The van der Waals surface area contributed by atoms with Gasteiger partial charge in [-0.2, -0.15) is 0 Å². The zero-order valence-electron chi connectivity index (χ0n) is 10.1. The SMILES string of the molecule is CCCC(C)(N)C(=O)Cc1ccc(F)c(Br)c1. The van der Waals surface area contributed by atoms with E-state index in [1.165, 1.54) is 6.07 Å². The zero-order chi connectivity index (χ0) is 13.1. The smallest absolute Gasteiger partial charge is 0.156 e. The number of carbonyl (C=O) groups is 1. The maximum Gasteiger partial charge on any atom is 0.156 e. The van der Waals surface area contributed by atoms with Gasteiger partial charge < -0.3 is 5.73 Å². The van der Waals surface area contributed by atoms with Gasteiger partial charge in [0, 0.05) is 6.42 Å². The molecule has 0 aliphatic heterocycles. The van der Waals surface area contributed by atoms with Crippen LogP contribution in [0.2, 0.25) is 0 Å². The maximum absolute atomic E-state index is 13.0. The highest BCUT2D eigenvalue weighted by atomic mass is 79.9. The van der Waals surface area contributed by atoms with Crippen molar-refractivity contribution in [2.75, 3.05) is 0 Å². The molecule has 4 heteroatoms. The van der Waals surface area contributed by atoms with Gasteiger partial charge in [0.05, 0.1) is 10.0 Å². The van der Waals surface area contributed by atoms with Crippen LogP contribution in [0.15, 0.2) is 22.7 Å². The Bertz CT molecular complexity index is 418. The Hall–Kier alpha value is -0.740. The van der Waals surface area contributed by atoms with Crippen LogP contribution in [0.1, 0.15) is 32.3 Å². The van der Waals surface area contributed by atoms with Crippen LogP contribution in [0, 0.1) is 5.82 Å². The summed E-state index contributed by atoms with van der Waals surface area (Å²) in [6.07, 6.45) is 1.77. The summed E-state index contributed by atoms with van der Waals surface area (Å²) in [4.78, 5) is 12.0. The Morgan fingerprint density at radius 1 is 1.53 bits per heavy atom. The van der Waals surface area contributed by atoms with Gasteiger partial charge in [0.15, 0.2) is 5.78 Å². The molecule has 0 saturated carbocycles. The van der Waals surface area contributed by atoms with Crippen molar-refractivity contribution in [3.8, 4) is 0 Å². The summed E-state index contributed by atoms with van der Waals surface area (Å²) < 4.78 is 13.4. The van der Waals surface area contributed by atoms with E-state index in [1.54, 1.807) is 19.1 Å². The molecule has 2 N–H and O–H groups in total. The van der Waals surface area contributed by atoms with Crippen molar-refractivity contribution in [2.45, 2.75) is 38.6 Å². The Morgan fingerprint density at radius 2 is 2.18 bits per heavy atom. The number of hydrogen-bond acceptors (Lipinski definition) is 2. The second-order valence-corrected chi connectivity index (χ2v) is 5.37. The first-order valence-electron chi connectivity index (χ1n) is 5.63. The fraction of sp³-hybridized carbons (Fsp3) is 0.462. The van der Waals surface area contributed by atoms with E-state index < -0.39 is 5.54 Å². The molecule has 0 spiro atoms. The quantitative estimate of drug-likeness (QED) is 0.907. The van der Waals surface area contributed by atoms with Gasteiger partial charge in [-0.3, -0.25) is 4.79 Å². The second-order valence-electron chi connectivity index (χ2n) is 4.52. The van der Waals surface area contributed by atoms with Gasteiger partial charge in [0.2, 0.25) is 0 Å². The molecular formula is C13H17BrFNO. The summed E-state index contributed by atoms with van der Waals surface area (Å²) in [5.74, 6) is -0.344. The maximum atomic E-state index is 13.0. The third-order valence-electron chi connectivity index (χ3n) is 2.76. The molecule has 0 fully saturated rings. The Morgan fingerprint density at radius 3 is 2.71 bits per heavy atom. The molecule has 0 bridgehead atoms. The van der Waals surface area contributed by atoms with E-state index in [2.05, 4.69) is 15.9 Å². The highest BCUT2D eigenvalue weighted by molar-refractivity contribution is 9.10. The molecule has 2 nitrogen and oxygen atoms in total. The van der Waals surface area contributed by atoms with Crippen molar-refractivity contribution in [3.05, 3.63) is 34.1 Å². The molecule has 0 aromatic heterocycles. The van der Waals surface area contributed by atoms with Crippen molar-refractivity contribution in [3.63, 3.8) is 0 Å². The van der Waals surface area contributed by atoms with E-state index in [1.807, 2.05) is 6.92 Å². The average Bonchev–Trinajstić information content (AvgIpc) is 2.23. The first-order chi connectivity index (χ1) is 7.86. The number of rotatable bonds is 5. The van der Waals surface area contributed by atoms with Crippen LogP contribution in [0.4, 0.5) is 4.39 Å². The van der Waals surface area contributed by atoms with E-state index >= 15 is 0 Å². The van der Waals surface area contributed by atoms with E-state index in [-0.39, 0.29) is 18.0 Å². The minimum Gasteiger partial charge on any atom is -0.319 e. The summed E-state index contributed by atoms with van der Waals surface area (Å²) in [6, 6.07) is 4.58. The van der Waals surface area contributed by atoms with Crippen LogP contribution in [0.25, 0.3) is 0 Å². The molecule has 0 heterocycles. The van der Waals surface area contributed by atoms with Crippen molar-refractivity contribution < 1.29 is 9.18 Å². The second kappa shape index (κ2) is 5.74. The molecule has 1 unspecified atom stereocenters. The van der Waals surface area contributed by atoms with Crippen LogP contribution >= 0.6 is 15.9 Å². The Balaban J connectivity index is 2.77. The highest BCUT2D eigenvalue weighted by Gasteiger charge is 2.26. The first-order valence-corrected chi connectivity index (χ1v) is 6.42. The lowest BCUT2D eigenvalue weighted by molar-refractivity contribution is -0.123. The highest BCUT2D eigenvalue weighted by Crippen LogP contribution is 2.19. The van der Waals surface area contributed by atoms with Gasteiger partial charge >= 0.3 is 0 Å². The number of carbonyl (C=O) groups excluding carboxylic acids is 1.